The van der Waals surface area contributed by atoms with Crippen molar-refractivity contribution in [3.8, 4) is 0 Å². The summed E-state index contributed by atoms with van der Waals surface area (Å²) in [6.07, 6.45) is 0.857. The summed E-state index contributed by atoms with van der Waals surface area (Å²) in [5.74, 6) is -0.697. The maximum Gasteiger partial charge on any atom is 0.407 e. The van der Waals surface area contributed by atoms with Gasteiger partial charge in [-0.05, 0) is 37.3 Å². The van der Waals surface area contributed by atoms with Gasteiger partial charge >= 0.3 is 6.09 Å². The minimum absolute atomic E-state index is 0.134. The quantitative estimate of drug-likeness (QED) is 0.311. The van der Waals surface area contributed by atoms with E-state index in [1.807, 2.05) is 60.7 Å². The summed E-state index contributed by atoms with van der Waals surface area (Å²) in [7, 11) is 0. The third kappa shape index (κ3) is 9.49. The van der Waals surface area contributed by atoms with Gasteiger partial charge in [0.05, 0.1) is 18.1 Å². The van der Waals surface area contributed by atoms with Gasteiger partial charge in [-0.3, -0.25) is 4.79 Å². The fourth-order valence-corrected chi connectivity index (χ4v) is 3.52. The molecular weight excluding hydrogens is 416 g/mol. The summed E-state index contributed by atoms with van der Waals surface area (Å²) in [5, 5.41) is 16.8. The third-order valence-electron chi connectivity index (χ3n) is 5.50. The van der Waals surface area contributed by atoms with Crippen molar-refractivity contribution in [1.29, 1.82) is 0 Å². The number of nitrogens with one attached hydrogen (secondary N) is 2. The Morgan fingerprint density at radius 3 is 2.21 bits per heavy atom. The normalized spacial score (nSPS) is 13.4. The number of hydrogen-bond donors (Lipinski definition) is 3. The van der Waals surface area contributed by atoms with Crippen molar-refractivity contribution < 1.29 is 19.4 Å². The maximum atomic E-state index is 12.7. The first-order chi connectivity index (χ1) is 15.9. The number of carbonyl (C=O) groups excluding carboxylic acids is 2. The molecule has 0 heterocycles. The lowest BCUT2D eigenvalue weighted by atomic mass is 9.89. The van der Waals surface area contributed by atoms with E-state index in [-0.39, 0.29) is 18.9 Å². The number of carbonyl (C=O) groups is 2. The predicted molar refractivity (Wildman–Crippen MR) is 131 cm³/mol. The second-order valence-corrected chi connectivity index (χ2v) is 8.35. The summed E-state index contributed by atoms with van der Waals surface area (Å²) in [4.78, 5) is 25.2. The third-order valence-corrected chi connectivity index (χ3v) is 5.50. The average molecular weight is 453 g/mol. The summed E-state index contributed by atoms with van der Waals surface area (Å²) >= 11 is 0. The molecule has 3 atom stereocenters. The molecule has 33 heavy (non-hydrogen) atoms. The number of ether oxygens (including phenoxy) is 1. The molecule has 0 aliphatic rings. The molecule has 0 saturated carbocycles. The molecule has 0 unspecified atom stereocenters. The van der Waals surface area contributed by atoms with E-state index in [9.17, 15) is 14.7 Å². The number of hydrogen-bond acceptors (Lipinski definition) is 4. The molecule has 2 amide bonds. The predicted octanol–water partition coefficient (Wildman–Crippen LogP) is 4.38. The number of alkyl carbamates (subject to hydrolysis) is 1. The minimum Gasteiger partial charge on any atom is -0.445 e. The zero-order chi connectivity index (χ0) is 24.1. The zero-order valence-corrected chi connectivity index (χ0v) is 19.6. The van der Waals surface area contributed by atoms with Crippen LogP contribution in [0.15, 0.2) is 72.8 Å². The number of unbranched alkanes of at least 4 members (excludes halogenated alkanes) is 1. The zero-order valence-electron chi connectivity index (χ0n) is 19.6. The Bertz CT molecular complexity index is 870. The summed E-state index contributed by atoms with van der Waals surface area (Å²) in [6.45, 7) is 8.51. The van der Waals surface area contributed by atoms with Crippen LogP contribution in [0.4, 0.5) is 4.79 Å². The van der Waals surface area contributed by atoms with E-state index in [1.54, 1.807) is 6.92 Å². The van der Waals surface area contributed by atoms with E-state index >= 15 is 0 Å². The van der Waals surface area contributed by atoms with Gasteiger partial charge in [0.2, 0.25) is 5.91 Å². The van der Waals surface area contributed by atoms with E-state index in [2.05, 4.69) is 24.1 Å². The molecule has 0 aliphatic carbocycles. The van der Waals surface area contributed by atoms with Gasteiger partial charge < -0.3 is 20.5 Å². The van der Waals surface area contributed by atoms with E-state index < -0.39 is 24.2 Å². The number of benzene rings is 2. The van der Waals surface area contributed by atoms with Crippen LogP contribution in [0.2, 0.25) is 0 Å². The van der Waals surface area contributed by atoms with Crippen LogP contribution in [0.5, 0.6) is 0 Å². The van der Waals surface area contributed by atoms with Crippen LogP contribution in [-0.4, -0.2) is 35.8 Å². The van der Waals surface area contributed by atoms with E-state index in [0.29, 0.717) is 18.5 Å². The monoisotopic (exact) mass is 452 g/mol. The van der Waals surface area contributed by atoms with Crippen LogP contribution < -0.4 is 10.6 Å². The SMILES string of the molecule is C=C(C)[C@H](C[C@H](O)[C@H](Cc1ccccc1)NC(=O)OCc1ccccc1)C(=O)NCCCC. The standard InChI is InChI=1S/C27H36N2O4/c1-4-5-16-28-26(31)23(20(2)3)18-25(30)24(17-21-12-8-6-9-13-21)29-27(32)33-19-22-14-10-7-11-15-22/h6-15,23-25,30H,2,4-5,16-19H2,1,3H3,(H,28,31)(H,29,32)/t23-,24-,25-/m0/s1. The Kier molecular flexibility index (Phi) is 11.2. The molecule has 0 radical (unpaired) electrons. The smallest absolute Gasteiger partial charge is 0.407 e. The van der Waals surface area contributed by atoms with Crippen molar-refractivity contribution in [2.45, 2.75) is 58.3 Å². The average Bonchev–Trinajstić information content (AvgIpc) is 2.82. The second-order valence-electron chi connectivity index (χ2n) is 8.35. The Hall–Kier alpha value is -3.12. The number of amides is 2. The number of rotatable bonds is 13. The van der Waals surface area contributed by atoms with Crippen molar-refractivity contribution >= 4 is 12.0 Å². The van der Waals surface area contributed by atoms with Gasteiger partial charge in [-0.15, -0.1) is 0 Å². The largest absolute Gasteiger partial charge is 0.445 e. The lowest BCUT2D eigenvalue weighted by Gasteiger charge is -2.27. The van der Waals surface area contributed by atoms with Gasteiger partial charge in [-0.2, -0.15) is 0 Å². The topological polar surface area (TPSA) is 87.7 Å². The van der Waals surface area contributed by atoms with Crippen molar-refractivity contribution in [3.63, 3.8) is 0 Å². The lowest BCUT2D eigenvalue weighted by molar-refractivity contribution is -0.124. The molecule has 178 valence electrons. The Morgan fingerprint density at radius 1 is 1.03 bits per heavy atom. The fraction of sp³-hybridized carbons (Fsp3) is 0.407. The van der Waals surface area contributed by atoms with E-state index in [1.165, 1.54) is 0 Å². The van der Waals surface area contributed by atoms with Gasteiger partial charge in [0.1, 0.15) is 6.61 Å². The first kappa shape index (κ1) is 26.1. The molecule has 2 aromatic carbocycles. The molecule has 2 rings (SSSR count). The second kappa shape index (κ2) is 14.1. The van der Waals surface area contributed by atoms with Crippen LogP contribution in [0.25, 0.3) is 0 Å². The van der Waals surface area contributed by atoms with Gasteiger partial charge in [0.25, 0.3) is 0 Å². The molecule has 0 aromatic heterocycles. The highest BCUT2D eigenvalue weighted by molar-refractivity contribution is 5.81. The van der Waals surface area contributed by atoms with Gasteiger partial charge in [-0.25, -0.2) is 4.79 Å². The lowest BCUT2D eigenvalue weighted by Crippen LogP contribution is -2.47. The number of aliphatic hydroxyl groups is 1. The summed E-state index contributed by atoms with van der Waals surface area (Å²) in [5.41, 5.74) is 2.51. The van der Waals surface area contributed by atoms with Crippen molar-refractivity contribution in [3.05, 3.63) is 83.9 Å². The molecule has 6 nitrogen and oxygen atoms in total. The van der Waals surface area contributed by atoms with Crippen LogP contribution in [0.1, 0.15) is 44.2 Å². The molecule has 3 N–H and O–H groups in total. The van der Waals surface area contributed by atoms with Crippen molar-refractivity contribution in [1.82, 2.24) is 10.6 Å². The van der Waals surface area contributed by atoms with E-state index in [0.717, 1.165) is 24.0 Å². The van der Waals surface area contributed by atoms with Crippen LogP contribution in [-0.2, 0) is 22.6 Å². The van der Waals surface area contributed by atoms with Crippen LogP contribution in [0, 0.1) is 5.92 Å². The Morgan fingerprint density at radius 2 is 1.64 bits per heavy atom. The molecule has 0 saturated heterocycles. The fourth-order valence-electron chi connectivity index (χ4n) is 3.52. The summed E-state index contributed by atoms with van der Waals surface area (Å²) < 4.78 is 5.35. The molecule has 0 bridgehead atoms. The Balaban J connectivity index is 2.06. The van der Waals surface area contributed by atoms with Crippen molar-refractivity contribution in [2.75, 3.05) is 6.54 Å². The van der Waals surface area contributed by atoms with Gasteiger partial charge in [0.15, 0.2) is 0 Å². The molecule has 0 fully saturated rings. The van der Waals surface area contributed by atoms with Gasteiger partial charge in [0, 0.05) is 6.54 Å². The first-order valence-electron chi connectivity index (χ1n) is 11.5. The molecule has 0 aliphatic heterocycles. The molecule has 2 aromatic rings. The van der Waals surface area contributed by atoms with Gasteiger partial charge in [-0.1, -0.05) is 86.2 Å². The van der Waals surface area contributed by atoms with Crippen LogP contribution in [0.3, 0.4) is 0 Å². The first-order valence-corrected chi connectivity index (χ1v) is 11.5. The molecule has 6 heteroatoms. The highest BCUT2D eigenvalue weighted by Gasteiger charge is 2.29. The Labute approximate surface area is 197 Å². The maximum absolute atomic E-state index is 12.7. The van der Waals surface area contributed by atoms with Crippen molar-refractivity contribution in [2.24, 2.45) is 5.92 Å². The van der Waals surface area contributed by atoms with E-state index in [4.69, 9.17) is 4.74 Å². The number of aliphatic hydroxyl groups excluding tert-OH is 1. The van der Waals surface area contributed by atoms with Crippen LogP contribution >= 0.6 is 0 Å². The molecular formula is C27H36N2O4. The molecule has 0 spiro atoms. The minimum atomic E-state index is -0.965. The highest BCUT2D eigenvalue weighted by atomic mass is 16.5. The summed E-state index contributed by atoms with van der Waals surface area (Å²) in [6, 6.07) is 18.4. The highest BCUT2D eigenvalue weighted by Crippen LogP contribution is 2.20.